The topological polar surface area (TPSA) is 111 Å². The lowest BCUT2D eigenvalue weighted by Crippen LogP contribution is -2.14. The molecule has 3 heterocycles. The van der Waals surface area contributed by atoms with Gasteiger partial charge in [0.15, 0.2) is 5.65 Å². The Hall–Kier alpha value is -3.79. The normalized spacial score (nSPS) is 13.2. The molecule has 162 valence electrons. The van der Waals surface area contributed by atoms with Crippen LogP contribution in [0.25, 0.3) is 5.65 Å². The fourth-order valence-corrected chi connectivity index (χ4v) is 4.05. The number of nitrogens with one attached hydrogen (secondary N) is 2. The molecule has 1 saturated carbocycles. The molecule has 1 aromatic carbocycles. The van der Waals surface area contributed by atoms with Crippen LogP contribution in [0.15, 0.2) is 42.6 Å². The summed E-state index contributed by atoms with van der Waals surface area (Å²) in [6.45, 7) is 3.69. The Morgan fingerprint density at radius 3 is 2.69 bits per heavy atom. The van der Waals surface area contributed by atoms with Crippen molar-refractivity contribution in [1.29, 1.82) is 0 Å². The summed E-state index contributed by atoms with van der Waals surface area (Å²) in [5.74, 6) is 1.21. The molecule has 9 nitrogen and oxygen atoms in total. The second-order valence-electron chi connectivity index (χ2n) is 7.60. The lowest BCUT2D eigenvalue weighted by Gasteiger charge is -2.09. The number of rotatable bonds is 6. The van der Waals surface area contributed by atoms with Gasteiger partial charge in [-0.15, -0.1) is 16.4 Å². The summed E-state index contributed by atoms with van der Waals surface area (Å²) in [7, 11) is 0. The minimum atomic E-state index is -0.199. The number of aromatic nitrogens is 4. The van der Waals surface area contributed by atoms with Crippen molar-refractivity contribution in [2.24, 2.45) is 5.92 Å². The molecule has 0 spiro atoms. The predicted molar refractivity (Wildman–Crippen MR) is 120 cm³/mol. The zero-order valence-corrected chi connectivity index (χ0v) is 18.3. The first-order valence-electron chi connectivity index (χ1n) is 10.2. The highest BCUT2D eigenvalue weighted by Crippen LogP contribution is 2.30. The fourth-order valence-electron chi connectivity index (χ4n) is 3.24. The molecule has 4 aromatic rings. The van der Waals surface area contributed by atoms with Crippen LogP contribution in [0.4, 0.5) is 11.6 Å². The number of aryl methyl sites for hydroxylation is 2. The number of carbonyl (C=O) groups excluding carboxylic acids is 2. The molecular weight excluding hydrogens is 428 g/mol. The van der Waals surface area contributed by atoms with Crippen LogP contribution in [0.1, 0.15) is 33.2 Å². The molecule has 1 aliphatic carbocycles. The van der Waals surface area contributed by atoms with E-state index in [0.717, 1.165) is 17.8 Å². The quantitative estimate of drug-likeness (QED) is 0.457. The highest BCUT2D eigenvalue weighted by molar-refractivity contribution is 7.13. The number of amides is 2. The Labute approximate surface area is 187 Å². The van der Waals surface area contributed by atoms with Crippen LogP contribution in [0, 0.1) is 19.8 Å². The fraction of sp³-hybridized carbons (Fsp3) is 0.227. The SMILES string of the molecule is Cc1nc(C)c(C(=O)Nc2cccc(Oc3ccc4nc(NC(=O)C5CC5)nn4c3)c2)s1. The first-order valence-corrected chi connectivity index (χ1v) is 11.0. The molecule has 0 bridgehead atoms. The van der Waals surface area contributed by atoms with Gasteiger partial charge in [-0.05, 0) is 51.0 Å². The molecule has 2 amide bonds. The molecule has 10 heteroatoms. The van der Waals surface area contributed by atoms with Crippen LogP contribution in [0.5, 0.6) is 11.5 Å². The van der Waals surface area contributed by atoms with Crippen molar-refractivity contribution in [2.45, 2.75) is 26.7 Å². The number of hydrogen-bond donors (Lipinski definition) is 2. The van der Waals surface area contributed by atoms with Gasteiger partial charge in [-0.25, -0.2) is 9.50 Å². The summed E-state index contributed by atoms with van der Waals surface area (Å²) in [6, 6.07) is 10.7. The summed E-state index contributed by atoms with van der Waals surface area (Å²) in [5.41, 5.74) is 1.93. The zero-order valence-electron chi connectivity index (χ0n) is 17.5. The summed E-state index contributed by atoms with van der Waals surface area (Å²) in [5, 5.41) is 10.8. The molecule has 32 heavy (non-hydrogen) atoms. The number of nitrogens with zero attached hydrogens (tertiary/aromatic N) is 4. The Morgan fingerprint density at radius 1 is 1.09 bits per heavy atom. The van der Waals surface area contributed by atoms with Gasteiger partial charge in [-0.2, -0.15) is 4.98 Å². The molecule has 0 radical (unpaired) electrons. The van der Waals surface area contributed by atoms with Gasteiger partial charge < -0.3 is 10.1 Å². The highest BCUT2D eigenvalue weighted by Gasteiger charge is 2.30. The lowest BCUT2D eigenvalue weighted by atomic mass is 10.3. The van der Waals surface area contributed by atoms with Crippen LogP contribution in [-0.4, -0.2) is 31.4 Å². The van der Waals surface area contributed by atoms with Crippen molar-refractivity contribution in [2.75, 3.05) is 10.6 Å². The highest BCUT2D eigenvalue weighted by atomic mass is 32.1. The average Bonchev–Trinajstić information content (AvgIpc) is 3.44. The predicted octanol–water partition coefficient (Wildman–Crippen LogP) is 4.20. The van der Waals surface area contributed by atoms with Gasteiger partial charge in [0.1, 0.15) is 16.4 Å². The molecule has 0 aliphatic heterocycles. The van der Waals surface area contributed by atoms with E-state index in [1.165, 1.54) is 11.3 Å². The number of carbonyl (C=O) groups is 2. The summed E-state index contributed by atoms with van der Waals surface area (Å²) < 4.78 is 7.50. The molecule has 3 aromatic heterocycles. The van der Waals surface area contributed by atoms with Crippen molar-refractivity contribution in [3.8, 4) is 11.5 Å². The summed E-state index contributed by atoms with van der Waals surface area (Å²) in [4.78, 5) is 33.7. The van der Waals surface area contributed by atoms with E-state index in [9.17, 15) is 9.59 Å². The number of pyridine rings is 1. The Bertz CT molecular complexity index is 1340. The van der Waals surface area contributed by atoms with E-state index in [2.05, 4.69) is 25.7 Å². The van der Waals surface area contributed by atoms with Gasteiger partial charge in [0.2, 0.25) is 11.9 Å². The number of ether oxygens (including phenoxy) is 1. The maximum absolute atomic E-state index is 12.6. The summed E-state index contributed by atoms with van der Waals surface area (Å²) in [6.07, 6.45) is 3.52. The van der Waals surface area contributed by atoms with Crippen molar-refractivity contribution in [3.63, 3.8) is 0 Å². The van der Waals surface area contributed by atoms with E-state index in [-0.39, 0.29) is 23.7 Å². The Morgan fingerprint density at radius 2 is 1.94 bits per heavy atom. The average molecular weight is 449 g/mol. The maximum Gasteiger partial charge on any atom is 0.267 e. The second-order valence-corrected chi connectivity index (χ2v) is 8.80. The monoisotopic (exact) mass is 448 g/mol. The largest absolute Gasteiger partial charge is 0.456 e. The van der Waals surface area contributed by atoms with Gasteiger partial charge in [0.05, 0.1) is 16.9 Å². The molecule has 5 rings (SSSR count). The molecule has 0 unspecified atom stereocenters. The van der Waals surface area contributed by atoms with Crippen LogP contribution < -0.4 is 15.4 Å². The number of anilines is 2. The van der Waals surface area contributed by atoms with Crippen LogP contribution in [0.3, 0.4) is 0 Å². The van der Waals surface area contributed by atoms with E-state index in [1.54, 1.807) is 47.1 Å². The Balaban J connectivity index is 1.29. The van der Waals surface area contributed by atoms with Gasteiger partial charge in [-0.3, -0.25) is 14.9 Å². The number of thiazole rings is 1. The minimum absolute atomic E-state index is 0.0417. The molecule has 2 N–H and O–H groups in total. The molecule has 0 atom stereocenters. The van der Waals surface area contributed by atoms with Crippen LogP contribution >= 0.6 is 11.3 Å². The van der Waals surface area contributed by atoms with E-state index < -0.39 is 0 Å². The molecule has 1 fully saturated rings. The smallest absolute Gasteiger partial charge is 0.267 e. The molecule has 1 aliphatic rings. The summed E-state index contributed by atoms with van der Waals surface area (Å²) >= 11 is 1.36. The standard InChI is InChI=1S/C22H20N6O3S/c1-12-19(32-13(2)23-12)21(30)24-15-4-3-5-16(10-15)31-17-8-9-18-25-22(27-28(18)11-17)26-20(29)14-6-7-14/h3-5,8-11,14H,6-7H2,1-2H3,(H,24,30)(H,26,27,29). The van der Waals surface area contributed by atoms with Crippen molar-refractivity contribution in [3.05, 3.63) is 58.2 Å². The third-order valence-electron chi connectivity index (χ3n) is 4.92. The van der Waals surface area contributed by atoms with E-state index in [4.69, 9.17) is 4.74 Å². The third kappa shape index (κ3) is 4.30. The minimum Gasteiger partial charge on any atom is -0.456 e. The van der Waals surface area contributed by atoms with Crippen molar-refractivity contribution < 1.29 is 14.3 Å². The van der Waals surface area contributed by atoms with Crippen LogP contribution in [-0.2, 0) is 4.79 Å². The van der Waals surface area contributed by atoms with Gasteiger partial charge in [-0.1, -0.05) is 6.07 Å². The van der Waals surface area contributed by atoms with Crippen molar-refractivity contribution >= 4 is 40.4 Å². The van der Waals surface area contributed by atoms with Crippen LogP contribution in [0.2, 0.25) is 0 Å². The van der Waals surface area contributed by atoms with E-state index in [0.29, 0.717) is 33.4 Å². The van der Waals surface area contributed by atoms with Gasteiger partial charge >= 0.3 is 0 Å². The zero-order chi connectivity index (χ0) is 22.2. The van der Waals surface area contributed by atoms with E-state index >= 15 is 0 Å². The molecule has 0 saturated heterocycles. The first-order chi connectivity index (χ1) is 15.4. The third-order valence-corrected chi connectivity index (χ3v) is 6.00. The number of hydrogen-bond acceptors (Lipinski definition) is 7. The Kier molecular flexibility index (Phi) is 5.06. The van der Waals surface area contributed by atoms with Gasteiger partial charge in [0.25, 0.3) is 5.91 Å². The molecular formula is C22H20N6O3S. The second kappa shape index (κ2) is 8.04. The lowest BCUT2D eigenvalue weighted by molar-refractivity contribution is -0.117. The van der Waals surface area contributed by atoms with Gasteiger partial charge in [0, 0.05) is 17.7 Å². The van der Waals surface area contributed by atoms with E-state index in [1.807, 2.05) is 13.8 Å². The maximum atomic E-state index is 12.6. The van der Waals surface area contributed by atoms with Crippen molar-refractivity contribution in [1.82, 2.24) is 19.6 Å². The first kappa shape index (κ1) is 20.1. The number of benzene rings is 1. The number of fused-ring (bicyclic) bond motifs is 1.